The normalized spacial score (nSPS) is 13.1. The zero-order valence-corrected chi connectivity index (χ0v) is 5.93. The van der Waals surface area contributed by atoms with Crippen molar-refractivity contribution in [3.05, 3.63) is 0 Å². The quantitative estimate of drug-likeness (QED) is 0.544. The van der Waals surface area contributed by atoms with Crippen LogP contribution in [0, 0.1) is 5.41 Å². The molecule has 0 fully saturated rings. The van der Waals surface area contributed by atoms with Crippen molar-refractivity contribution in [2.45, 2.75) is 38.7 Å². The van der Waals surface area contributed by atoms with Crippen LogP contribution in [0.2, 0.25) is 0 Å². The third-order valence-electron chi connectivity index (χ3n) is 1.27. The lowest BCUT2D eigenvalue weighted by molar-refractivity contribution is 0.156. The van der Waals surface area contributed by atoms with Gasteiger partial charge in [-0.3, -0.25) is 0 Å². The summed E-state index contributed by atoms with van der Waals surface area (Å²) in [7, 11) is 0. The Kier molecular flexibility index (Phi) is 5.52. The van der Waals surface area contributed by atoms with Crippen LogP contribution < -0.4 is 0 Å². The first-order valence-electron chi connectivity index (χ1n) is 3.48. The van der Waals surface area contributed by atoms with E-state index in [0.29, 0.717) is 6.42 Å². The van der Waals surface area contributed by atoms with Gasteiger partial charge in [0.15, 0.2) is 0 Å². The number of rotatable bonds is 5. The fraction of sp³-hybridized carbons (Fsp3) is 0.857. The van der Waals surface area contributed by atoms with Crippen LogP contribution in [0.1, 0.15) is 32.6 Å². The fourth-order valence-corrected chi connectivity index (χ4v) is 0.753. The molecule has 0 saturated heterocycles. The second-order valence-electron chi connectivity index (χ2n) is 2.22. The highest BCUT2D eigenvalue weighted by atomic mass is 16.3. The summed E-state index contributed by atoms with van der Waals surface area (Å²) in [6, 6.07) is 0. The van der Waals surface area contributed by atoms with Gasteiger partial charge < -0.3 is 10.5 Å². The lowest BCUT2D eigenvalue weighted by atomic mass is 10.1. The van der Waals surface area contributed by atoms with Crippen molar-refractivity contribution in [1.29, 1.82) is 5.41 Å². The van der Waals surface area contributed by atoms with Crippen LogP contribution in [-0.4, -0.2) is 17.4 Å². The minimum Gasteiger partial charge on any atom is -0.393 e. The monoisotopic (exact) mass is 129 g/mol. The number of nitrogens with one attached hydrogen (secondary N) is 1. The highest BCUT2D eigenvalue weighted by Gasteiger charge is 1.98. The Labute approximate surface area is 56.4 Å². The van der Waals surface area contributed by atoms with Crippen molar-refractivity contribution in [1.82, 2.24) is 0 Å². The molecular weight excluding hydrogens is 114 g/mol. The summed E-state index contributed by atoms with van der Waals surface area (Å²) < 4.78 is 0. The average Bonchev–Trinajstić information content (AvgIpc) is 1.85. The summed E-state index contributed by atoms with van der Waals surface area (Å²) in [5.74, 6) is 0. The molecule has 0 saturated carbocycles. The predicted molar refractivity (Wildman–Crippen MR) is 38.9 cm³/mol. The molecule has 0 aromatic heterocycles. The number of hydrogen-bond acceptors (Lipinski definition) is 2. The van der Waals surface area contributed by atoms with E-state index in [4.69, 9.17) is 10.5 Å². The van der Waals surface area contributed by atoms with Crippen LogP contribution in [-0.2, 0) is 0 Å². The van der Waals surface area contributed by atoms with E-state index >= 15 is 0 Å². The van der Waals surface area contributed by atoms with Crippen molar-refractivity contribution in [3.8, 4) is 0 Å². The van der Waals surface area contributed by atoms with Crippen LogP contribution in [0.25, 0.3) is 0 Å². The van der Waals surface area contributed by atoms with Crippen molar-refractivity contribution in [2.75, 3.05) is 0 Å². The van der Waals surface area contributed by atoms with E-state index in [9.17, 15) is 0 Å². The molecule has 54 valence electrons. The van der Waals surface area contributed by atoms with Gasteiger partial charge in [-0.15, -0.1) is 0 Å². The van der Waals surface area contributed by atoms with Crippen LogP contribution in [0.5, 0.6) is 0 Å². The Hall–Kier alpha value is -0.370. The molecule has 1 atom stereocenters. The third-order valence-corrected chi connectivity index (χ3v) is 1.27. The van der Waals surface area contributed by atoms with Gasteiger partial charge in [-0.2, -0.15) is 0 Å². The summed E-state index contributed by atoms with van der Waals surface area (Å²) >= 11 is 0. The lowest BCUT2D eigenvalue weighted by Crippen LogP contribution is -2.04. The first-order valence-corrected chi connectivity index (χ1v) is 3.48. The molecule has 1 unspecified atom stereocenters. The van der Waals surface area contributed by atoms with Crippen LogP contribution in [0.3, 0.4) is 0 Å². The summed E-state index contributed by atoms with van der Waals surface area (Å²) in [6.07, 6.45) is 4.52. The van der Waals surface area contributed by atoms with Gasteiger partial charge in [0.1, 0.15) is 0 Å². The maximum absolute atomic E-state index is 9.08. The minimum absolute atomic E-state index is 0.184. The van der Waals surface area contributed by atoms with E-state index in [1.54, 1.807) is 0 Å². The largest absolute Gasteiger partial charge is 0.393 e. The molecule has 2 nitrogen and oxygen atoms in total. The van der Waals surface area contributed by atoms with Crippen LogP contribution >= 0.6 is 0 Å². The van der Waals surface area contributed by atoms with E-state index in [1.165, 1.54) is 6.21 Å². The molecule has 0 spiro atoms. The molecule has 0 aromatic carbocycles. The van der Waals surface area contributed by atoms with Gasteiger partial charge in [0.05, 0.1) is 6.10 Å². The molecule has 9 heavy (non-hydrogen) atoms. The Morgan fingerprint density at radius 2 is 2.22 bits per heavy atom. The standard InChI is InChI=1S/C7H15NO/c1-2-4-7(9)5-3-6-8/h6-9H,2-5H2,1H3. The average molecular weight is 129 g/mol. The second kappa shape index (κ2) is 5.76. The molecule has 0 amide bonds. The van der Waals surface area contributed by atoms with Crippen LogP contribution in [0.4, 0.5) is 0 Å². The van der Waals surface area contributed by atoms with E-state index < -0.39 is 0 Å². The van der Waals surface area contributed by atoms with Crippen molar-refractivity contribution >= 4 is 6.21 Å². The highest BCUT2D eigenvalue weighted by molar-refractivity contribution is 5.52. The Bertz CT molecular complexity index is 73.3. The van der Waals surface area contributed by atoms with Gasteiger partial charge in [-0.25, -0.2) is 0 Å². The molecule has 0 aliphatic heterocycles. The molecule has 2 N–H and O–H groups in total. The SMILES string of the molecule is CCCC(O)CCC=N. The second-order valence-corrected chi connectivity index (χ2v) is 2.22. The summed E-state index contributed by atoms with van der Waals surface area (Å²) in [6.45, 7) is 2.05. The number of aliphatic hydroxyl groups is 1. The highest BCUT2D eigenvalue weighted by Crippen LogP contribution is 2.01. The van der Waals surface area contributed by atoms with Gasteiger partial charge >= 0.3 is 0 Å². The topological polar surface area (TPSA) is 44.1 Å². The van der Waals surface area contributed by atoms with E-state index in [1.807, 2.05) is 6.92 Å². The van der Waals surface area contributed by atoms with Gasteiger partial charge in [0.2, 0.25) is 0 Å². The molecule has 0 aliphatic carbocycles. The molecular formula is C7H15NO. The molecule has 0 aliphatic rings. The van der Waals surface area contributed by atoms with Crippen molar-refractivity contribution in [2.24, 2.45) is 0 Å². The van der Waals surface area contributed by atoms with Crippen LogP contribution in [0.15, 0.2) is 0 Å². The number of aliphatic hydroxyl groups excluding tert-OH is 1. The maximum Gasteiger partial charge on any atom is 0.0543 e. The zero-order valence-electron chi connectivity index (χ0n) is 5.93. The third kappa shape index (κ3) is 5.50. The first kappa shape index (κ1) is 8.63. The Morgan fingerprint density at radius 1 is 1.56 bits per heavy atom. The summed E-state index contributed by atoms with van der Waals surface area (Å²) in [4.78, 5) is 0. The smallest absolute Gasteiger partial charge is 0.0543 e. The van der Waals surface area contributed by atoms with E-state index in [-0.39, 0.29) is 6.10 Å². The van der Waals surface area contributed by atoms with E-state index in [0.717, 1.165) is 19.3 Å². The lowest BCUT2D eigenvalue weighted by Gasteiger charge is -2.04. The molecule has 0 bridgehead atoms. The van der Waals surface area contributed by atoms with Gasteiger partial charge in [-0.1, -0.05) is 13.3 Å². The predicted octanol–water partition coefficient (Wildman–Crippen LogP) is 1.58. The maximum atomic E-state index is 9.08. The van der Waals surface area contributed by atoms with Gasteiger partial charge in [0, 0.05) is 0 Å². The van der Waals surface area contributed by atoms with Crippen molar-refractivity contribution in [3.63, 3.8) is 0 Å². The molecule has 0 radical (unpaired) electrons. The Balaban J connectivity index is 3.04. The molecule has 2 heteroatoms. The number of hydrogen-bond donors (Lipinski definition) is 2. The minimum atomic E-state index is -0.184. The van der Waals surface area contributed by atoms with Gasteiger partial charge in [0.25, 0.3) is 0 Å². The summed E-state index contributed by atoms with van der Waals surface area (Å²) in [5.41, 5.74) is 0. The first-order chi connectivity index (χ1) is 4.31. The fourth-order valence-electron chi connectivity index (χ4n) is 0.753. The zero-order chi connectivity index (χ0) is 7.11. The van der Waals surface area contributed by atoms with Gasteiger partial charge in [-0.05, 0) is 25.5 Å². The molecule has 0 rings (SSSR count). The summed E-state index contributed by atoms with van der Waals surface area (Å²) in [5, 5.41) is 15.8. The Morgan fingerprint density at radius 3 is 2.67 bits per heavy atom. The molecule has 0 heterocycles. The van der Waals surface area contributed by atoms with Crippen molar-refractivity contribution < 1.29 is 5.11 Å². The molecule has 0 aromatic rings. The van der Waals surface area contributed by atoms with E-state index in [2.05, 4.69) is 0 Å².